The summed E-state index contributed by atoms with van der Waals surface area (Å²) < 4.78 is 12.9. The Morgan fingerprint density at radius 2 is 1.95 bits per heavy atom. The van der Waals surface area contributed by atoms with Gasteiger partial charge in [-0.25, -0.2) is 4.39 Å². The van der Waals surface area contributed by atoms with E-state index in [4.69, 9.17) is 11.5 Å². The molecule has 2 aromatic carbocycles. The zero-order valence-electron chi connectivity index (χ0n) is 10.1. The van der Waals surface area contributed by atoms with Crippen molar-refractivity contribution in [2.24, 2.45) is 5.73 Å². The Kier molecular flexibility index (Phi) is 4.06. The molecule has 19 heavy (non-hydrogen) atoms. The number of benzene rings is 2. The van der Waals surface area contributed by atoms with Gasteiger partial charge in [0.2, 0.25) is 5.91 Å². The highest BCUT2D eigenvalue weighted by Gasteiger charge is 2.08. The van der Waals surface area contributed by atoms with Crippen molar-refractivity contribution in [1.82, 2.24) is 0 Å². The summed E-state index contributed by atoms with van der Waals surface area (Å²) in [6.45, 7) is 0. The minimum Gasteiger partial charge on any atom is -0.398 e. The van der Waals surface area contributed by atoms with Gasteiger partial charge in [-0.15, -0.1) is 11.8 Å². The molecule has 0 aliphatic heterocycles. The normalized spacial score (nSPS) is 10.4. The summed E-state index contributed by atoms with van der Waals surface area (Å²) in [6.07, 6.45) is 0. The Balaban J connectivity index is 2.17. The van der Waals surface area contributed by atoms with Gasteiger partial charge in [-0.3, -0.25) is 4.79 Å². The molecule has 1 amide bonds. The molecule has 5 heteroatoms. The summed E-state index contributed by atoms with van der Waals surface area (Å²) in [5.74, 6) is -0.266. The topological polar surface area (TPSA) is 69.1 Å². The first-order valence-corrected chi connectivity index (χ1v) is 6.62. The fraction of sp³-hybridized carbons (Fsp3) is 0.0714. The van der Waals surface area contributed by atoms with E-state index in [0.29, 0.717) is 17.0 Å². The number of nitrogen functional groups attached to an aromatic ring is 1. The van der Waals surface area contributed by atoms with E-state index in [9.17, 15) is 9.18 Å². The van der Waals surface area contributed by atoms with Crippen molar-refractivity contribution in [3.8, 4) is 0 Å². The number of carbonyl (C=O) groups is 1. The van der Waals surface area contributed by atoms with Crippen LogP contribution in [0.3, 0.4) is 0 Å². The SMILES string of the molecule is NC(=O)c1ccccc1CSc1ccc(F)cc1N. The van der Waals surface area contributed by atoms with Gasteiger partial charge in [0.1, 0.15) is 5.82 Å². The summed E-state index contributed by atoms with van der Waals surface area (Å²) >= 11 is 1.44. The summed E-state index contributed by atoms with van der Waals surface area (Å²) in [4.78, 5) is 12.1. The summed E-state index contributed by atoms with van der Waals surface area (Å²) in [7, 11) is 0. The first-order chi connectivity index (χ1) is 9.08. The van der Waals surface area contributed by atoms with Crippen LogP contribution in [0.5, 0.6) is 0 Å². The molecule has 0 aromatic heterocycles. The van der Waals surface area contributed by atoms with Gasteiger partial charge in [0.15, 0.2) is 0 Å². The Bertz CT molecular complexity index is 616. The number of rotatable bonds is 4. The Hall–Kier alpha value is -2.01. The van der Waals surface area contributed by atoms with Crippen LogP contribution in [-0.4, -0.2) is 5.91 Å². The number of thioether (sulfide) groups is 1. The molecule has 0 fully saturated rings. The molecule has 0 aliphatic carbocycles. The molecule has 0 unspecified atom stereocenters. The molecule has 0 saturated carbocycles. The van der Waals surface area contributed by atoms with Gasteiger partial charge in [-0.2, -0.15) is 0 Å². The number of primary amides is 1. The van der Waals surface area contributed by atoms with Crippen molar-refractivity contribution in [3.05, 3.63) is 59.4 Å². The van der Waals surface area contributed by atoms with E-state index >= 15 is 0 Å². The number of amides is 1. The van der Waals surface area contributed by atoms with Crippen molar-refractivity contribution in [3.63, 3.8) is 0 Å². The molecule has 0 atom stereocenters. The number of hydrogen-bond donors (Lipinski definition) is 2. The molecule has 0 radical (unpaired) electrons. The van der Waals surface area contributed by atoms with Gasteiger partial charge in [0.25, 0.3) is 0 Å². The second kappa shape index (κ2) is 5.75. The van der Waals surface area contributed by atoms with E-state index in [2.05, 4.69) is 0 Å². The molecule has 0 aliphatic rings. The predicted octanol–water partition coefficient (Wildman–Crippen LogP) is 2.80. The lowest BCUT2D eigenvalue weighted by molar-refractivity contribution is 0.0999. The molecular formula is C14H13FN2OS. The quantitative estimate of drug-likeness (QED) is 0.666. The second-order valence-electron chi connectivity index (χ2n) is 3.99. The van der Waals surface area contributed by atoms with Gasteiger partial charge >= 0.3 is 0 Å². The van der Waals surface area contributed by atoms with Crippen LogP contribution in [0.2, 0.25) is 0 Å². The summed E-state index contributed by atoms with van der Waals surface area (Å²) in [6, 6.07) is 11.4. The van der Waals surface area contributed by atoms with Crippen LogP contribution in [0.15, 0.2) is 47.4 Å². The van der Waals surface area contributed by atoms with E-state index in [1.165, 1.54) is 23.9 Å². The van der Waals surface area contributed by atoms with Crippen molar-refractivity contribution in [2.75, 3.05) is 5.73 Å². The Morgan fingerprint density at radius 3 is 2.63 bits per heavy atom. The minimum atomic E-state index is -0.455. The maximum absolute atomic E-state index is 12.9. The number of anilines is 1. The lowest BCUT2D eigenvalue weighted by Gasteiger charge is -2.08. The van der Waals surface area contributed by atoms with Crippen molar-refractivity contribution < 1.29 is 9.18 Å². The molecule has 4 N–H and O–H groups in total. The molecule has 98 valence electrons. The fourth-order valence-corrected chi connectivity index (χ4v) is 2.65. The molecule has 2 rings (SSSR count). The largest absolute Gasteiger partial charge is 0.398 e. The van der Waals surface area contributed by atoms with Crippen LogP contribution in [0, 0.1) is 5.82 Å². The van der Waals surface area contributed by atoms with Crippen molar-refractivity contribution in [1.29, 1.82) is 0 Å². The molecular weight excluding hydrogens is 263 g/mol. The van der Waals surface area contributed by atoms with E-state index < -0.39 is 5.91 Å². The third-order valence-corrected chi connectivity index (χ3v) is 3.78. The third-order valence-electron chi connectivity index (χ3n) is 2.64. The lowest BCUT2D eigenvalue weighted by Crippen LogP contribution is -2.13. The smallest absolute Gasteiger partial charge is 0.249 e. The zero-order valence-corrected chi connectivity index (χ0v) is 10.9. The third kappa shape index (κ3) is 3.26. The van der Waals surface area contributed by atoms with Gasteiger partial charge in [-0.1, -0.05) is 18.2 Å². The van der Waals surface area contributed by atoms with Gasteiger partial charge in [0, 0.05) is 21.9 Å². The summed E-state index contributed by atoms with van der Waals surface area (Å²) in [5, 5.41) is 0. The van der Waals surface area contributed by atoms with Gasteiger partial charge in [0.05, 0.1) is 0 Å². The average Bonchev–Trinajstić information content (AvgIpc) is 2.38. The van der Waals surface area contributed by atoms with Crippen LogP contribution < -0.4 is 11.5 Å². The van der Waals surface area contributed by atoms with E-state index in [0.717, 1.165) is 10.5 Å². The van der Waals surface area contributed by atoms with E-state index in [1.54, 1.807) is 18.2 Å². The van der Waals surface area contributed by atoms with Crippen molar-refractivity contribution >= 4 is 23.4 Å². The number of hydrogen-bond acceptors (Lipinski definition) is 3. The standard InChI is InChI=1S/C14H13FN2OS/c15-10-5-6-13(12(16)7-10)19-8-9-3-1-2-4-11(9)14(17)18/h1-7H,8,16H2,(H2,17,18). The molecule has 0 saturated heterocycles. The Morgan fingerprint density at radius 1 is 1.21 bits per heavy atom. The highest BCUT2D eigenvalue weighted by Crippen LogP contribution is 2.29. The van der Waals surface area contributed by atoms with Crippen LogP contribution >= 0.6 is 11.8 Å². The minimum absolute atomic E-state index is 0.362. The van der Waals surface area contributed by atoms with Crippen LogP contribution in [-0.2, 0) is 5.75 Å². The monoisotopic (exact) mass is 276 g/mol. The molecule has 2 aromatic rings. The number of nitrogens with two attached hydrogens (primary N) is 2. The van der Waals surface area contributed by atoms with E-state index in [1.807, 2.05) is 12.1 Å². The molecule has 0 heterocycles. The average molecular weight is 276 g/mol. The highest BCUT2D eigenvalue weighted by atomic mass is 32.2. The van der Waals surface area contributed by atoms with Crippen molar-refractivity contribution in [2.45, 2.75) is 10.6 Å². The first kappa shape index (κ1) is 13.4. The predicted molar refractivity (Wildman–Crippen MR) is 75.3 cm³/mol. The number of halogens is 1. The first-order valence-electron chi connectivity index (χ1n) is 5.63. The number of carbonyl (C=O) groups excluding carboxylic acids is 1. The molecule has 3 nitrogen and oxygen atoms in total. The maximum Gasteiger partial charge on any atom is 0.249 e. The molecule has 0 spiro atoms. The fourth-order valence-electron chi connectivity index (χ4n) is 1.69. The van der Waals surface area contributed by atoms with Gasteiger partial charge < -0.3 is 11.5 Å². The van der Waals surface area contributed by atoms with E-state index in [-0.39, 0.29) is 5.82 Å². The van der Waals surface area contributed by atoms with Crippen LogP contribution in [0.1, 0.15) is 15.9 Å². The van der Waals surface area contributed by atoms with Crippen LogP contribution in [0.25, 0.3) is 0 Å². The van der Waals surface area contributed by atoms with Gasteiger partial charge in [-0.05, 0) is 29.8 Å². The second-order valence-corrected chi connectivity index (χ2v) is 5.01. The Labute approximate surface area is 114 Å². The maximum atomic E-state index is 12.9. The lowest BCUT2D eigenvalue weighted by atomic mass is 10.1. The molecule has 0 bridgehead atoms. The highest BCUT2D eigenvalue weighted by molar-refractivity contribution is 7.98. The summed E-state index contributed by atoms with van der Waals surface area (Å²) in [5.41, 5.74) is 12.8. The van der Waals surface area contributed by atoms with Crippen LogP contribution in [0.4, 0.5) is 10.1 Å². The zero-order chi connectivity index (χ0) is 13.8.